The van der Waals surface area contributed by atoms with Crippen molar-refractivity contribution >= 4 is 29.1 Å². The monoisotopic (exact) mass is 340 g/mol. The van der Waals surface area contributed by atoms with Gasteiger partial charge in [0.05, 0.1) is 16.1 Å². The Kier molecular flexibility index (Phi) is 4.96. The van der Waals surface area contributed by atoms with E-state index in [1.165, 1.54) is 0 Å². The highest BCUT2D eigenvalue weighted by Crippen LogP contribution is 2.36. The summed E-state index contributed by atoms with van der Waals surface area (Å²) in [4.78, 5) is 14.7. The van der Waals surface area contributed by atoms with Crippen LogP contribution in [0.1, 0.15) is 50.1 Å². The van der Waals surface area contributed by atoms with Crippen LogP contribution in [0.15, 0.2) is 18.2 Å². The molecule has 1 aromatic rings. The maximum absolute atomic E-state index is 12.7. The van der Waals surface area contributed by atoms with Gasteiger partial charge in [0.1, 0.15) is 0 Å². The number of halogens is 2. The number of carbonyl (C=O) groups excluding carboxylic acids is 1. The zero-order valence-corrected chi connectivity index (χ0v) is 14.1. The van der Waals surface area contributed by atoms with Crippen molar-refractivity contribution < 1.29 is 4.79 Å². The number of benzene rings is 1. The lowest BCUT2D eigenvalue weighted by molar-refractivity contribution is -0.133. The van der Waals surface area contributed by atoms with Gasteiger partial charge in [-0.2, -0.15) is 0 Å². The topological polar surface area (TPSA) is 46.3 Å². The number of amides is 1. The number of hydrogen-bond acceptors (Lipinski definition) is 2. The van der Waals surface area contributed by atoms with Crippen LogP contribution < -0.4 is 5.73 Å². The SMILES string of the molecule is N[C@@H]1CCC[C@H]1CC(=O)N1CCCC1c1ccc(Cl)c(Cl)c1. The first-order valence-electron chi connectivity index (χ1n) is 8.06. The Morgan fingerprint density at radius 3 is 2.68 bits per heavy atom. The zero-order chi connectivity index (χ0) is 15.7. The summed E-state index contributed by atoms with van der Waals surface area (Å²) in [7, 11) is 0. The highest BCUT2D eigenvalue weighted by molar-refractivity contribution is 6.42. The number of rotatable bonds is 3. The van der Waals surface area contributed by atoms with Gasteiger partial charge in [-0.25, -0.2) is 0 Å². The van der Waals surface area contributed by atoms with Gasteiger partial charge in [0.2, 0.25) is 5.91 Å². The van der Waals surface area contributed by atoms with Crippen LogP contribution in [0.25, 0.3) is 0 Å². The molecule has 0 aromatic heterocycles. The van der Waals surface area contributed by atoms with Crippen LogP contribution in [0.5, 0.6) is 0 Å². The van der Waals surface area contributed by atoms with Crippen molar-refractivity contribution in [2.75, 3.05) is 6.54 Å². The summed E-state index contributed by atoms with van der Waals surface area (Å²) in [5.41, 5.74) is 7.18. The second-order valence-corrected chi connectivity index (χ2v) is 7.29. The number of hydrogen-bond donors (Lipinski definition) is 1. The average molecular weight is 341 g/mol. The van der Waals surface area contributed by atoms with Crippen LogP contribution in [0.4, 0.5) is 0 Å². The fraction of sp³-hybridized carbons (Fsp3) is 0.588. The smallest absolute Gasteiger partial charge is 0.223 e. The Labute approximate surface area is 141 Å². The molecule has 22 heavy (non-hydrogen) atoms. The Morgan fingerprint density at radius 1 is 1.18 bits per heavy atom. The largest absolute Gasteiger partial charge is 0.336 e. The van der Waals surface area contributed by atoms with Gasteiger partial charge in [-0.15, -0.1) is 0 Å². The summed E-state index contributed by atoms with van der Waals surface area (Å²) >= 11 is 12.1. The molecule has 3 nitrogen and oxygen atoms in total. The molecule has 1 saturated heterocycles. The van der Waals surface area contributed by atoms with E-state index >= 15 is 0 Å². The van der Waals surface area contributed by atoms with Crippen molar-refractivity contribution in [2.45, 2.75) is 50.6 Å². The van der Waals surface area contributed by atoms with Gasteiger partial charge in [0.15, 0.2) is 0 Å². The molecule has 3 rings (SSSR count). The minimum Gasteiger partial charge on any atom is -0.336 e. The molecule has 0 spiro atoms. The third kappa shape index (κ3) is 3.27. The molecular formula is C17H22Cl2N2O. The first-order valence-corrected chi connectivity index (χ1v) is 8.82. The second-order valence-electron chi connectivity index (χ2n) is 6.48. The van der Waals surface area contributed by atoms with Crippen molar-refractivity contribution in [3.8, 4) is 0 Å². The van der Waals surface area contributed by atoms with Crippen molar-refractivity contribution in [2.24, 2.45) is 11.7 Å². The highest BCUT2D eigenvalue weighted by atomic mass is 35.5. The minimum atomic E-state index is 0.125. The maximum atomic E-state index is 12.7. The van der Waals surface area contributed by atoms with E-state index in [-0.39, 0.29) is 18.0 Å². The van der Waals surface area contributed by atoms with Crippen LogP contribution in [-0.2, 0) is 4.79 Å². The predicted octanol–water partition coefficient (Wildman–Crippen LogP) is 4.17. The summed E-state index contributed by atoms with van der Waals surface area (Å²) in [5.74, 6) is 0.582. The quantitative estimate of drug-likeness (QED) is 0.897. The molecule has 1 saturated carbocycles. The van der Waals surface area contributed by atoms with Crippen molar-refractivity contribution in [3.63, 3.8) is 0 Å². The molecule has 1 aromatic carbocycles. The average Bonchev–Trinajstić information content (AvgIpc) is 3.12. The first-order chi connectivity index (χ1) is 10.6. The van der Waals surface area contributed by atoms with Crippen LogP contribution in [0, 0.1) is 5.92 Å². The molecule has 2 N–H and O–H groups in total. The Balaban J connectivity index is 1.72. The molecule has 5 heteroatoms. The molecule has 2 fully saturated rings. The molecule has 1 heterocycles. The zero-order valence-electron chi connectivity index (χ0n) is 12.6. The normalized spacial score (nSPS) is 28.3. The number of nitrogens with two attached hydrogens (primary N) is 1. The van der Waals surface area contributed by atoms with Gasteiger partial charge in [-0.1, -0.05) is 35.7 Å². The standard InChI is InChI=1S/C17H22Cl2N2O/c18-13-7-6-12(9-14(13)19)16-5-2-8-21(16)17(22)10-11-3-1-4-15(11)20/h6-7,9,11,15-16H,1-5,8,10,20H2/t11-,15+,16?/m0/s1. The summed E-state index contributed by atoms with van der Waals surface area (Å²) in [6.45, 7) is 0.825. The van der Waals surface area contributed by atoms with Gasteiger partial charge in [-0.3, -0.25) is 4.79 Å². The van der Waals surface area contributed by atoms with E-state index in [1.807, 2.05) is 23.1 Å². The van der Waals surface area contributed by atoms with Crippen LogP contribution in [0.2, 0.25) is 10.0 Å². The molecule has 2 aliphatic rings. The highest BCUT2D eigenvalue weighted by Gasteiger charge is 2.33. The van der Waals surface area contributed by atoms with E-state index in [2.05, 4.69) is 0 Å². The number of carbonyl (C=O) groups is 1. The van der Waals surface area contributed by atoms with Crippen molar-refractivity contribution in [3.05, 3.63) is 33.8 Å². The molecule has 0 bridgehead atoms. The molecule has 120 valence electrons. The second kappa shape index (κ2) is 6.77. The summed E-state index contributed by atoms with van der Waals surface area (Å²) < 4.78 is 0. The third-order valence-electron chi connectivity index (χ3n) is 5.06. The van der Waals surface area contributed by atoms with Gasteiger partial charge < -0.3 is 10.6 Å². The molecule has 0 radical (unpaired) electrons. The molecule has 1 amide bonds. The molecule has 3 atom stereocenters. The predicted molar refractivity (Wildman–Crippen MR) is 90.1 cm³/mol. The van der Waals surface area contributed by atoms with Gasteiger partial charge >= 0.3 is 0 Å². The summed E-state index contributed by atoms with van der Waals surface area (Å²) in [5, 5.41) is 1.11. The molecule has 1 aliphatic heterocycles. The lowest BCUT2D eigenvalue weighted by atomic mass is 9.98. The van der Waals surface area contributed by atoms with E-state index in [4.69, 9.17) is 28.9 Å². The lowest BCUT2D eigenvalue weighted by Gasteiger charge is -2.27. The minimum absolute atomic E-state index is 0.125. The summed E-state index contributed by atoms with van der Waals surface area (Å²) in [6.07, 6.45) is 5.88. The molecular weight excluding hydrogens is 319 g/mol. The van der Waals surface area contributed by atoms with Gasteiger partial charge in [0.25, 0.3) is 0 Å². The van der Waals surface area contributed by atoms with Crippen LogP contribution in [0.3, 0.4) is 0 Å². The Hall–Kier alpha value is -0.770. The summed E-state index contributed by atoms with van der Waals surface area (Å²) in [6, 6.07) is 6.00. The van der Waals surface area contributed by atoms with E-state index in [0.717, 1.165) is 44.2 Å². The van der Waals surface area contributed by atoms with E-state index < -0.39 is 0 Å². The van der Waals surface area contributed by atoms with Crippen LogP contribution >= 0.6 is 23.2 Å². The van der Waals surface area contributed by atoms with Gasteiger partial charge in [0, 0.05) is 19.0 Å². The molecule has 1 unspecified atom stereocenters. The third-order valence-corrected chi connectivity index (χ3v) is 5.80. The van der Waals surface area contributed by atoms with E-state index in [1.54, 1.807) is 0 Å². The van der Waals surface area contributed by atoms with E-state index in [0.29, 0.717) is 22.4 Å². The van der Waals surface area contributed by atoms with E-state index in [9.17, 15) is 4.79 Å². The van der Waals surface area contributed by atoms with Gasteiger partial charge in [-0.05, 0) is 49.3 Å². The number of nitrogens with zero attached hydrogens (tertiary/aromatic N) is 1. The fourth-order valence-electron chi connectivity index (χ4n) is 3.79. The fourth-order valence-corrected chi connectivity index (χ4v) is 4.10. The van der Waals surface area contributed by atoms with Crippen molar-refractivity contribution in [1.29, 1.82) is 0 Å². The Bertz CT molecular complexity index is 564. The Morgan fingerprint density at radius 2 is 2.00 bits per heavy atom. The van der Waals surface area contributed by atoms with Crippen LogP contribution in [-0.4, -0.2) is 23.4 Å². The maximum Gasteiger partial charge on any atom is 0.223 e. The molecule has 1 aliphatic carbocycles. The first kappa shape index (κ1) is 16.1. The lowest BCUT2D eigenvalue weighted by Crippen LogP contribution is -2.35. The van der Waals surface area contributed by atoms with Crippen molar-refractivity contribution in [1.82, 2.24) is 4.90 Å². The number of likely N-dealkylation sites (tertiary alicyclic amines) is 1.